The maximum Gasteiger partial charge on any atom is 0.136 e. The SMILES string of the molecule is Cc1cc(Cl)cc(C2C(C=O)C2(Cl)Cl)c1. The van der Waals surface area contributed by atoms with E-state index in [0.29, 0.717) is 5.02 Å². The summed E-state index contributed by atoms with van der Waals surface area (Å²) in [5.41, 5.74) is 1.97. The third-order valence-electron chi connectivity index (χ3n) is 2.68. The maximum atomic E-state index is 10.7. The molecule has 4 heteroatoms. The van der Waals surface area contributed by atoms with Gasteiger partial charge in [0.25, 0.3) is 0 Å². The van der Waals surface area contributed by atoms with E-state index in [2.05, 4.69) is 0 Å². The lowest BCUT2D eigenvalue weighted by molar-refractivity contribution is -0.108. The molecule has 80 valence electrons. The van der Waals surface area contributed by atoms with Crippen molar-refractivity contribution in [1.29, 1.82) is 0 Å². The number of carbonyl (C=O) groups excluding carboxylic acids is 1. The monoisotopic (exact) mass is 262 g/mol. The molecule has 2 rings (SSSR count). The van der Waals surface area contributed by atoms with Crippen LogP contribution in [0.3, 0.4) is 0 Å². The van der Waals surface area contributed by atoms with E-state index in [1.165, 1.54) is 0 Å². The molecule has 0 bridgehead atoms. The van der Waals surface area contributed by atoms with Gasteiger partial charge in [0.2, 0.25) is 0 Å². The Balaban J connectivity index is 2.36. The van der Waals surface area contributed by atoms with Crippen LogP contribution in [-0.2, 0) is 4.79 Å². The van der Waals surface area contributed by atoms with E-state index < -0.39 is 4.33 Å². The maximum absolute atomic E-state index is 10.7. The lowest BCUT2D eigenvalue weighted by atomic mass is 10.1. The van der Waals surface area contributed by atoms with Crippen LogP contribution in [0, 0.1) is 12.8 Å². The third kappa shape index (κ3) is 1.89. The molecule has 2 atom stereocenters. The van der Waals surface area contributed by atoms with Gasteiger partial charge in [0.15, 0.2) is 0 Å². The van der Waals surface area contributed by atoms with Crippen molar-refractivity contribution in [1.82, 2.24) is 0 Å². The Hall–Kier alpha value is -0.240. The zero-order chi connectivity index (χ0) is 11.2. The smallest absolute Gasteiger partial charge is 0.136 e. The minimum atomic E-state index is -0.959. The molecule has 0 radical (unpaired) electrons. The van der Waals surface area contributed by atoms with E-state index in [4.69, 9.17) is 34.8 Å². The summed E-state index contributed by atoms with van der Waals surface area (Å²) < 4.78 is -0.959. The molecule has 0 aliphatic heterocycles. The van der Waals surface area contributed by atoms with Crippen molar-refractivity contribution in [2.45, 2.75) is 17.2 Å². The zero-order valence-corrected chi connectivity index (χ0v) is 10.3. The van der Waals surface area contributed by atoms with E-state index >= 15 is 0 Å². The van der Waals surface area contributed by atoms with E-state index in [1.807, 2.05) is 25.1 Å². The molecule has 0 aromatic heterocycles. The van der Waals surface area contributed by atoms with Crippen molar-refractivity contribution >= 4 is 41.1 Å². The lowest BCUT2D eigenvalue weighted by Gasteiger charge is -2.03. The zero-order valence-electron chi connectivity index (χ0n) is 8.01. The molecule has 1 aromatic rings. The van der Waals surface area contributed by atoms with Crippen LogP contribution in [0.15, 0.2) is 18.2 Å². The van der Waals surface area contributed by atoms with Gasteiger partial charge in [0.1, 0.15) is 10.6 Å². The molecule has 1 aromatic carbocycles. The summed E-state index contributed by atoms with van der Waals surface area (Å²) in [5, 5.41) is 0.644. The number of aldehydes is 1. The Kier molecular flexibility index (Phi) is 2.74. The van der Waals surface area contributed by atoms with Crippen LogP contribution in [0.1, 0.15) is 17.0 Å². The van der Waals surface area contributed by atoms with E-state index in [0.717, 1.165) is 17.4 Å². The molecule has 0 heterocycles. The Morgan fingerprint density at radius 3 is 2.47 bits per heavy atom. The Bertz CT molecular complexity index is 394. The predicted molar refractivity (Wildman–Crippen MR) is 62.9 cm³/mol. The molecule has 1 aliphatic rings. The second kappa shape index (κ2) is 3.65. The second-order valence-electron chi connectivity index (χ2n) is 3.88. The number of benzene rings is 1. The summed E-state index contributed by atoms with van der Waals surface area (Å²) in [4.78, 5) is 10.7. The molecule has 0 spiro atoms. The van der Waals surface area contributed by atoms with Gasteiger partial charge in [0.05, 0.1) is 5.92 Å². The van der Waals surface area contributed by atoms with Crippen molar-refractivity contribution in [2.75, 3.05) is 0 Å². The first-order chi connectivity index (χ1) is 6.96. The first-order valence-corrected chi connectivity index (χ1v) is 5.70. The first-order valence-electron chi connectivity index (χ1n) is 4.57. The second-order valence-corrected chi connectivity index (χ2v) is 5.76. The summed E-state index contributed by atoms with van der Waals surface area (Å²) in [5.74, 6) is -0.450. The minimum absolute atomic E-state index is 0.129. The van der Waals surface area contributed by atoms with Gasteiger partial charge < -0.3 is 4.79 Å². The summed E-state index contributed by atoms with van der Waals surface area (Å²) in [6.45, 7) is 1.94. The van der Waals surface area contributed by atoms with Crippen LogP contribution in [0.2, 0.25) is 5.02 Å². The molecule has 1 saturated carbocycles. The minimum Gasteiger partial charge on any atom is -0.303 e. The highest BCUT2D eigenvalue weighted by molar-refractivity contribution is 6.53. The third-order valence-corrected chi connectivity index (χ3v) is 3.87. The molecular weight excluding hydrogens is 254 g/mol. The highest BCUT2D eigenvalue weighted by atomic mass is 35.5. The van der Waals surface area contributed by atoms with Crippen molar-refractivity contribution in [3.05, 3.63) is 34.3 Å². The van der Waals surface area contributed by atoms with Crippen molar-refractivity contribution in [3.63, 3.8) is 0 Å². The summed E-state index contributed by atoms with van der Waals surface area (Å²) in [6.07, 6.45) is 0.806. The van der Waals surface area contributed by atoms with Crippen LogP contribution in [0.25, 0.3) is 0 Å². The number of rotatable bonds is 2. The summed E-state index contributed by atoms with van der Waals surface area (Å²) >= 11 is 17.9. The Labute approximate surface area is 103 Å². The quantitative estimate of drug-likeness (QED) is 0.587. The highest BCUT2D eigenvalue weighted by Gasteiger charge is 2.64. The van der Waals surface area contributed by atoms with Gasteiger partial charge in [-0.15, -0.1) is 23.2 Å². The number of hydrogen-bond donors (Lipinski definition) is 0. The number of aryl methyl sites for hydroxylation is 1. The van der Waals surface area contributed by atoms with E-state index in [9.17, 15) is 4.79 Å². The van der Waals surface area contributed by atoms with Gasteiger partial charge >= 0.3 is 0 Å². The van der Waals surface area contributed by atoms with E-state index in [1.54, 1.807) is 0 Å². The molecule has 1 aliphatic carbocycles. The van der Waals surface area contributed by atoms with Crippen molar-refractivity contribution in [3.8, 4) is 0 Å². The average molecular weight is 264 g/mol. The highest BCUT2D eigenvalue weighted by Crippen LogP contribution is 2.64. The normalized spacial score (nSPS) is 27.5. The number of alkyl halides is 2. The largest absolute Gasteiger partial charge is 0.303 e. The van der Waals surface area contributed by atoms with Gasteiger partial charge in [0, 0.05) is 10.9 Å². The summed E-state index contributed by atoms with van der Waals surface area (Å²) in [6, 6.07) is 5.62. The van der Waals surface area contributed by atoms with E-state index in [-0.39, 0.29) is 11.8 Å². The molecule has 15 heavy (non-hydrogen) atoms. The van der Waals surface area contributed by atoms with Gasteiger partial charge in [-0.2, -0.15) is 0 Å². The van der Waals surface area contributed by atoms with Gasteiger partial charge in [-0.05, 0) is 30.2 Å². The van der Waals surface area contributed by atoms with Crippen LogP contribution in [-0.4, -0.2) is 10.6 Å². The van der Waals surface area contributed by atoms with Crippen LogP contribution in [0.4, 0.5) is 0 Å². The fourth-order valence-corrected chi connectivity index (χ4v) is 2.94. The van der Waals surface area contributed by atoms with Crippen LogP contribution >= 0.6 is 34.8 Å². The molecule has 0 N–H and O–H groups in total. The van der Waals surface area contributed by atoms with Gasteiger partial charge in [-0.3, -0.25) is 0 Å². The first kappa shape index (κ1) is 11.3. The molecule has 0 amide bonds. The topological polar surface area (TPSA) is 17.1 Å². The fourth-order valence-electron chi connectivity index (χ4n) is 1.89. The average Bonchev–Trinajstić information content (AvgIpc) is 2.66. The predicted octanol–water partition coefficient (Wildman–Crippen LogP) is 3.73. The van der Waals surface area contributed by atoms with Crippen molar-refractivity contribution in [2.24, 2.45) is 5.92 Å². The standard InChI is InChI=1S/C11H9Cl3O/c1-6-2-7(4-8(12)3-6)10-9(5-15)11(10,13)14/h2-5,9-10H,1H3. The number of halogens is 3. The molecule has 2 unspecified atom stereocenters. The van der Waals surface area contributed by atoms with Crippen molar-refractivity contribution < 1.29 is 4.79 Å². The van der Waals surface area contributed by atoms with Gasteiger partial charge in [-0.25, -0.2) is 0 Å². The Morgan fingerprint density at radius 2 is 2.00 bits per heavy atom. The number of hydrogen-bond acceptors (Lipinski definition) is 1. The molecule has 0 saturated heterocycles. The fraction of sp³-hybridized carbons (Fsp3) is 0.364. The molecule has 1 nitrogen and oxygen atoms in total. The van der Waals surface area contributed by atoms with Crippen LogP contribution < -0.4 is 0 Å². The summed E-state index contributed by atoms with van der Waals surface area (Å²) in [7, 11) is 0. The lowest BCUT2D eigenvalue weighted by Crippen LogP contribution is -1.91. The number of carbonyl (C=O) groups is 1. The van der Waals surface area contributed by atoms with Crippen LogP contribution in [0.5, 0.6) is 0 Å². The Morgan fingerprint density at radius 1 is 1.33 bits per heavy atom. The molecular formula is C11H9Cl3O. The van der Waals surface area contributed by atoms with Gasteiger partial charge in [-0.1, -0.05) is 17.7 Å². The molecule has 1 fully saturated rings.